The number of carbonyl (C=O) groups is 3. The Morgan fingerprint density at radius 2 is 1.62 bits per heavy atom. The van der Waals surface area contributed by atoms with Gasteiger partial charge in [0.25, 0.3) is 5.91 Å². The minimum atomic E-state index is -2.37. The molecule has 1 N–H and O–H groups in total. The van der Waals surface area contributed by atoms with Crippen LogP contribution in [0, 0.1) is 0 Å². The van der Waals surface area contributed by atoms with Crippen molar-refractivity contribution in [3.05, 3.63) is 0 Å². The second-order valence-electron chi connectivity index (χ2n) is 4.54. The number of rotatable bonds is 10. The fourth-order valence-electron chi connectivity index (χ4n) is 1.70. The summed E-state index contributed by atoms with van der Waals surface area (Å²) in [6.45, 7) is 4.95. The quantitative estimate of drug-likeness (QED) is 0.619. The summed E-state index contributed by atoms with van der Waals surface area (Å²) in [7, 11) is 0. The summed E-state index contributed by atoms with van der Waals surface area (Å²) in [5.74, 6) is -2.42. The molecule has 0 rings (SSSR count). The van der Waals surface area contributed by atoms with Crippen LogP contribution in [0.3, 0.4) is 0 Å². The average molecular weight is 305 g/mol. The number of nitrogens with one attached hydrogen (secondary N) is 1. The molecule has 0 aliphatic rings. The average Bonchev–Trinajstić information content (AvgIpc) is 2.43. The second-order valence-corrected chi connectivity index (χ2v) is 4.54. The largest absolute Gasteiger partial charge is 0.466 e. The first-order valence-corrected chi connectivity index (χ1v) is 7.18. The maximum Gasteiger partial charge on any atom is 0.325 e. The topological polar surface area (TPSA) is 81.7 Å². The summed E-state index contributed by atoms with van der Waals surface area (Å²) < 4.78 is 24.0. The molecule has 0 aliphatic carbocycles. The van der Waals surface area contributed by atoms with E-state index in [4.69, 9.17) is 0 Å². The standard InChI is InChI=1S/C14H24FNO5/c1-4-7-8-14(15,9-11(17)20-5-2)13(19)16-10-12(18)21-6-3/h4-10H2,1-3H3,(H,16,19). The number of carbonyl (C=O) groups excluding carboxylic acids is 3. The van der Waals surface area contributed by atoms with E-state index in [2.05, 4.69) is 14.8 Å². The number of ether oxygens (including phenoxy) is 2. The normalized spacial score (nSPS) is 13.1. The van der Waals surface area contributed by atoms with Gasteiger partial charge in [0.15, 0.2) is 5.67 Å². The van der Waals surface area contributed by atoms with E-state index < -0.39 is 36.5 Å². The van der Waals surface area contributed by atoms with Crippen LogP contribution in [0.25, 0.3) is 0 Å². The molecular formula is C14H24FNO5. The van der Waals surface area contributed by atoms with E-state index in [-0.39, 0.29) is 19.6 Å². The molecule has 21 heavy (non-hydrogen) atoms. The van der Waals surface area contributed by atoms with Crippen molar-refractivity contribution in [3.8, 4) is 0 Å². The van der Waals surface area contributed by atoms with Crippen LogP contribution in [0.1, 0.15) is 46.5 Å². The van der Waals surface area contributed by atoms with Gasteiger partial charge < -0.3 is 14.8 Å². The molecular weight excluding hydrogens is 281 g/mol. The lowest BCUT2D eigenvalue weighted by atomic mass is 9.94. The molecule has 0 aliphatic heterocycles. The van der Waals surface area contributed by atoms with Gasteiger partial charge in [0.05, 0.1) is 19.6 Å². The highest BCUT2D eigenvalue weighted by Gasteiger charge is 2.40. The smallest absolute Gasteiger partial charge is 0.325 e. The number of esters is 2. The second kappa shape index (κ2) is 10.1. The van der Waals surface area contributed by atoms with Crippen LogP contribution in [0.4, 0.5) is 4.39 Å². The molecule has 0 fully saturated rings. The van der Waals surface area contributed by atoms with Gasteiger partial charge >= 0.3 is 11.9 Å². The van der Waals surface area contributed by atoms with Gasteiger partial charge in [-0.1, -0.05) is 13.3 Å². The van der Waals surface area contributed by atoms with Crippen molar-refractivity contribution in [2.45, 2.75) is 52.1 Å². The van der Waals surface area contributed by atoms with Crippen molar-refractivity contribution in [2.24, 2.45) is 0 Å². The van der Waals surface area contributed by atoms with Crippen LogP contribution in [-0.2, 0) is 23.9 Å². The number of alkyl halides is 1. The molecule has 6 nitrogen and oxygen atoms in total. The van der Waals surface area contributed by atoms with Crippen molar-refractivity contribution in [1.82, 2.24) is 5.32 Å². The molecule has 0 saturated carbocycles. The van der Waals surface area contributed by atoms with Gasteiger partial charge in [-0.05, 0) is 26.7 Å². The van der Waals surface area contributed by atoms with E-state index in [1.54, 1.807) is 13.8 Å². The Balaban J connectivity index is 4.66. The van der Waals surface area contributed by atoms with Gasteiger partial charge in [-0.3, -0.25) is 14.4 Å². The van der Waals surface area contributed by atoms with E-state index in [1.807, 2.05) is 6.92 Å². The SMILES string of the molecule is CCCCC(F)(CC(=O)OCC)C(=O)NCC(=O)OCC. The van der Waals surface area contributed by atoms with E-state index in [0.717, 1.165) is 0 Å². The third-order valence-electron chi connectivity index (χ3n) is 2.76. The fraction of sp³-hybridized carbons (Fsp3) is 0.786. The van der Waals surface area contributed by atoms with Gasteiger partial charge in [0.1, 0.15) is 6.54 Å². The number of hydrogen-bond acceptors (Lipinski definition) is 5. The van der Waals surface area contributed by atoms with Gasteiger partial charge in [-0.25, -0.2) is 4.39 Å². The molecule has 0 radical (unpaired) electrons. The molecule has 7 heteroatoms. The zero-order chi connectivity index (χ0) is 16.3. The maximum atomic E-state index is 14.7. The molecule has 0 aromatic rings. The molecule has 1 amide bonds. The Morgan fingerprint density at radius 1 is 1.05 bits per heavy atom. The minimum absolute atomic E-state index is 0.100. The van der Waals surface area contributed by atoms with Crippen molar-refractivity contribution in [2.75, 3.05) is 19.8 Å². The molecule has 0 saturated heterocycles. The number of unbranched alkanes of at least 4 members (excludes halogenated alkanes) is 1. The third-order valence-corrected chi connectivity index (χ3v) is 2.76. The third kappa shape index (κ3) is 7.63. The van der Waals surface area contributed by atoms with Crippen LogP contribution in [0.2, 0.25) is 0 Å². The van der Waals surface area contributed by atoms with Gasteiger partial charge in [-0.2, -0.15) is 0 Å². The Hall–Kier alpha value is -1.66. The lowest BCUT2D eigenvalue weighted by Crippen LogP contribution is -2.47. The maximum absolute atomic E-state index is 14.7. The number of hydrogen-bond donors (Lipinski definition) is 1. The summed E-state index contributed by atoms with van der Waals surface area (Å²) in [4.78, 5) is 34.5. The zero-order valence-corrected chi connectivity index (χ0v) is 12.9. The summed E-state index contributed by atoms with van der Waals surface area (Å²) >= 11 is 0. The van der Waals surface area contributed by atoms with Gasteiger partial charge in [0, 0.05) is 0 Å². The van der Waals surface area contributed by atoms with Gasteiger partial charge in [0.2, 0.25) is 0 Å². The Labute approximate surface area is 124 Å². The minimum Gasteiger partial charge on any atom is -0.466 e. The first-order chi connectivity index (χ1) is 9.89. The fourth-order valence-corrected chi connectivity index (χ4v) is 1.70. The highest BCUT2D eigenvalue weighted by atomic mass is 19.1. The van der Waals surface area contributed by atoms with E-state index in [1.165, 1.54) is 0 Å². The molecule has 122 valence electrons. The van der Waals surface area contributed by atoms with Crippen molar-refractivity contribution in [1.29, 1.82) is 0 Å². The zero-order valence-electron chi connectivity index (χ0n) is 12.9. The predicted octanol–water partition coefficient (Wildman–Crippen LogP) is 1.52. The highest BCUT2D eigenvalue weighted by Crippen LogP contribution is 2.25. The monoisotopic (exact) mass is 305 g/mol. The Kier molecular flexibility index (Phi) is 9.32. The van der Waals surface area contributed by atoms with Crippen LogP contribution in [0.15, 0.2) is 0 Å². The van der Waals surface area contributed by atoms with Crippen LogP contribution >= 0.6 is 0 Å². The summed E-state index contributed by atoms with van der Waals surface area (Å²) in [6, 6.07) is 0. The molecule has 1 unspecified atom stereocenters. The summed E-state index contributed by atoms with van der Waals surface area (Å²) in [6.07, 6.45) is 0.370. The summed E-state index contributed by atoms with van der Waals surface area (Å²) in [5, 5.41) is 2.17. The molecule has 0 bridgehead atoms. The lowest BCUT2D eigenvalue weighted by molar-refractivity contribution is -0.152. The van der Waals surface area contributed by atoms with E-state index in [9.17, 15) is 18.8 Å². The first kappa shape index (κ1) is 19.3. The number of amides is 1. The van der Waals surface area contributed by atoms with Crippen LogP contribution in [-0.4, -0.2) is 43.3 Å². The van der Waals surface area contributed by atoms with Crippen LogP contribution in [0.5, 0.6) is 0 Å². The Morgan fingerprint density at radius 3 is 2.14 bits per heavy atom. The highest BCUT2D eigenvalue weighted by molar-refractivity contribution is 5.91. The lowest BCUT2D eigenvalue weighted by Gasteiger charge is -2.23. The number of halogens is 1. The van der Waals surface area contributed by atoms with E-state index in [0.29, 0.717) is 12.8 Å². The molecule has 0 spiro atoms. The van der Waals surface area contributed by atoms with Crippen molar-refractivity contribution >= 4 is 17.8 Å². The van der Waals surface area contributed by atoms with Crippen LogP contribution < -0.4 is 5.32 Å². The summed E-state index contributed by atoms with van der Waals surface area (Å²) in [5.41, 5.74) is -2.37. The molecule has 0 aromatic heterocycles. The van der Waals surface area contributed by atoms with E-state index >= 15 is 0 Å². The molecule has 0 aromatic carbocycles. The molecule has 0 heterocycles. The Bertz CT molecular complexity index is 361. The first-order valence-electron chi connectivity index (χ1n) is 7.18. The predicted molar refractivity (Wildman–Crippen MR) is 74.3 cm³/mol. The van der Waals surface area contributed by atoms with Gasteiger partial charge in [-0.15, -0.1) is 0 Å². The van der Waals surface area contributed by atoms with Crippen molar-refractivity contribution < 1.29 is 28.2 Å². The molecule has 1 atom stereocenters. The van der Waals surface area contributed by atoms with Crippen molar-refractivity contribution in [3.63, 3.8) is 0 Å².